The maximum atomic E-state index is 14.1. The minimum atomic E-state index is -1.54. The lowest BCUT2D eigenvalue weighted by atomic mass is 9.73. The molecule has 0 radical (unpaired) electrons. The van der Waals surface area contributed by atoms with Crippen LogP contribution in [0.15, 0.2) is 48.5 Å². The number of aromatic hydroxyl groups is 1. The SMILES string of the molecule is O=C(c1c(O)cccc1F)N1CC[C@H](O)[C@](CCCc2ccccc2)(C(=O)O)C1. The molecular weight excluding hydrogens is 377 g/mol. The number of carboxylic acid groups (broad SMARTS) is 1. The van der Waals surface area contributed by atoms with Gasteiger partial charge < -0.3 is 20.2 Å². The van der Waals surface area contributed by atoms with E-state index in [-0.39, 0.29) is 25.9 Å². The van der Waals surface area contributed by atoms with Gasteiger partial charge in [-0.2, -0.15) is 0 Å². The van der Waals surface area contributed by atoms with Gasteiger partial charge in [0.25, 0.3) is 5.91 Å². The lowest BCUT2D eigenvalue weighted by Gasteiger charge is -2.43. The molecule has 7 heteroatoms. The Balaban J connectivity index is 1.79. The number of aliphatic hydroxyl groups excluding tert-OH is 1. The topological polar surface area (TPSA) is 98.1 Å². The zero-order chi connectivity index (χ0) is 21.0. The molecular formula is C22H24FNO5. The number of aliphatic hydroxyl groups is 1. The van der Waals surface area contributed by atoms with E-state index in [0.717, 1.165) is 11.6 Å². The van der Waals surface area contributed by atoms with Gasteiger partial charge in [0.15, 0.2) is 0 Å². The zero-order valence-electron chi connectivity index (χ0n) is 15.9. The van der Waals surface area contributed by atoms with Gasteiger partial charge in [-0.3, -0.25) is 9.59 Å². The first kappa shape index (κ1) is 20.8. The molecule has 29 heavy (non-hydrogen) atoms. The third kappa shape index (κ3) is 4.24. The number of hydrogen-bond acceptors (Lipinski definition) is 4. The second-order valence-electron chi connectivity index (χ2n) is 7.47. The molecule has 1 aliphatic heterocycles. The van der Waals surface area contributed by atoms with Crippen LogP contribution in [0.4, 0.5) is 4.39 Å². The molecule has 0 spiro atoms. The molecule has 2 aromatic rings. The average Bonchev–Trinajstić information content (AvgIpc) is 2.70. The number of rotatable bonds is 6. The highest BCUT2D eigenvalue weighted by Gasteiger charge is 2.50. The van der Waals surface area contributed by atoms with Crippen molar-refractivity contribution in [3.8, 4) is 5.75 Å². The van der Waals surface area contributed by atoms with E-state index in [1.807, 2.05) is 30.3 Å². The number of amides is 1. The number of nitrogens with zero attached hydrogens (tertiary/aromatic N) is 1. The zero-order valence-corrected chi connectivity index (χ0v) is 15.9. The van der Waals surface area contributed by atoms with Crippen LogP contribution in [-0.2, 0) is 11.2 Å². The maximum absolute atomic E-state index is 14.1. The minimum Gasteiger partial charge on any atom is -0.507 e. The van der Waals surface area contributed by atoms with Crippen molar-refractivity contribution in [2.45, 2.75) is 31.8 Å². The Labute approximate surface area is 168 Å². The highest BCUT2D eigenvalue weighted by molar-refractivity contribution is 5.97. The van der Waals surface area contributed by atoms with E-state index in [0.29, 0.717) is 12.8 Å². The Morgan fingerprint density at radius 3 is 2.52 bits per heavy atom. The normalized spacial score (nSPS) is 21.7. The molecule has 0 aliphatic carbocycles. The van der Waals surface area contributed by atoms with Gasteiger partial charge in [0, 0.05) is 13.1 Å². The first-order chi connectivity index (χ1) is 13.8. The fraction of sp³-hybridized carbons (Fsp3) is 0.364. The summed E-state index contributed by atoms with van der Waals surface area (Å²) in [7, 11) is 0. The van der Waals surface area contributed by atoms with Crippen LogP contribution in [0.2, 0.25) is 0 Å². The number of aliphatic carboxylic acids is 1. The summed E-state index contributed by atoms with van der Waals surface area (Å²) in [5.74, 6) is -3.33. The molecule has 3 N–H and O–H groups in total. The lowest BCUT2D eigenvalue weighted by Crippen LogP contribution is -2.57. The van der Waals surface area contributed by atoms with E-state index in [4.69, 9.17) is 0 Å². The summed E-state index contributed by atoms with van der Waals surface area (Å²) in [4.78, 5) is 26.2. The molecule has 1 saturated heterocycles. The van der Waals surface area contributed by atoms with E-state index in [1.165, 1.54) is 17.0 Å². The van der Waals surface area contributed by atoms with Crippen LogP contribution in [0.3, 0.4) is 0 Å². The van der Waals surface area contributed by atoms with Gasteiger partial charge in [0.05, 0.1) is 6.10 Å². The monoisotopic (exact) mass is 401 g/mol. The van der Waals surface area contributed by atoms with Crippen LogP contribution in [0, 0.1) is 11.2 Å². The molecule has 1 amide bonds. The van der Waals surface area contributed by atoms with Crippen molar-refractivity contribution in [2.75, 3.05) is 13.1 Å². The van der Waals surface area contributed by atoms with Gasteiger partial charge in [0.2, 0.25) is 0 Å². The number of carbonyl (C=O) groups excluding carboxylic acids is 1. The summed E-state index contributed by atoms with van der Waals surface area (Å²) in [5, 5.41) is 30.3. The fourth-order valence-corrected chi connectivity index (χ4v) is 3.95. The predicted molar refractivity (Wildman–Crippen MR) is 104 cm³/mol. The van der Waals surface area contributed by atoms with Crippen LogP contribution in [0.5, 0.6) is 5.75 Å². The second-order valence-corrected chi connectivity index (χ2v) is 7.47. The average molecular weight is 401 g/mol. The molecule has 154 valence electrons. The highest BCUT2D eigenvalue weighted by Crippen LogP contribution is 2.37. The van der Waals surface area contributed by atoms with Crippen LogP contribution in [-0.4, -0.2) is 51.3 Å². The van der Waals surface area contributed by atoms with E-state index in [9.17, 15) is 29.3 Å². The number of carbonyl (C=O) groups is 2. The second kappa shape index (κ2) is 8.61. The van der Waals surface area contributed by atoms with Crippen LogP contribution in [0.25, 0.3) is 0 Å². The van der Waals surface area contributed by atoms with Crippen molar-refractivity contribution < 1.29 is 29.3 Å². The molecule has 0 unspecified atom stereocenters. The number of carboxylic acids is 1. The lowest BCUT2D eigenvalue weighted by molar-refractivity contribution is -0.162. The molecule has 1 fully saturated rings. The van der Waals surface area contributed by atoms with Crippen molar-refractivity contribution in [1.29, 1.82) is 0 Å². The number of aryl methyl sites for hydroxylation is 1. The molecule has 1 heterocycles. The number of phenols is 1. The molecule has 3 rings (SSSR count). The highest BCUT2D eigenvalue weighted by atomic mass is 19.1. The predicted octanol–water partition coefficient (Wildman–Crippen LogP) is 2.83. The summed E-state index contributed by atoms with van der Waals surface area (Å²) in [6, 6.07) is 13.2. The minimum absolute atomic E-state index is 0.0680. The fourth-order valence-electron chi connectivity index (χ4n) is 3.95. The first-order valence-corrected chi connectivity index (χ1v) is 9.57. The Morgan fingerprint density at radius 1 is 1.14 bits per heavy atom. The Morgan fingerprint density at radius 2 is 1.86 bits per heavy atom. The Bertz CT molecular complexity index is 868. The number of phenolic OH excluding ortho intramolecular Hbond substituents is 1. The van der Waals surface area contributed by atoms with Gasteiger partial charge in [-0.25, -0.2) is 4.39 Å². The summed E-state index contributed by atoms with van der Waals surface area (Å²) in [6.45, 7) is -0.160. The van der Waals surface area contributed by atoms with E-state index < -0.39 is 40.5 Å². The molecule has 2 atom stereocenters. The Kier molecular flexibility index (Phi) is 6.17. The van der Waals surface area contributed by atoms with Crippen LogP contribution < -0.4 is 0 Å². The number of hydrogen-bond donors (Lipinski definition) is 3. The number of benzene rings is 2. The van der Waals surface area contributed by atoms with Crippen molar-refractivity contribution >= 4 is 11.9 Å². The third-order valence-electron chi connectivity index (χ3n) is 5.63. The van der Waals surface area contributed by atoms with E-state index >= 15 is 0 Å². The smallest absolute Gasteiger partial charge is 0.314 e. The quantitative estimate of drug-likeness (QED) is 0.692. The van der Waals surface area contributed by atoms with Gasteiger partial charge >= 0.3 is 5.97 Å². The number of likely N-dealkylation sites (tertiary alicyclic amines) is 1. The molecule has 2 aromatic carbocycles. The molecule has 0 bridgehead atoms. The molecule has 0 aromatic heterocycles. The molecule has 1 aliphatic rings. The van der Waals surface area contributed by atoms with E-state index in [2.05, 4.69) is 0 Å². The third-order valence-corrected chi connectivity index (χ3v) is 5.63. The van der Waals surface area contributed by atoms with Gasteiger partial charge in [0.1, 0.15) is 22.5 Å². The van der Waals surface area contributed by atoms with Crippen molar-refractivity contribution in [3.05, 3.63) is 65.5 Å². The summed E-state index contributed by atoms with van der Waals surface area (Å²) >= 11 is 0. The largest absolute Gasteiger partial charge is 0.507 e. The van der Waals surface area contributed by atoms with Crippen LogP contribution in [0.1, 0.15) is 35.2 Å². The maximum Gasteiger partial charge on any atom is 0.314 e. The summed E-state index contributed by atoms with van der Waals surface area (Å²) < 4.78 is 14.1. The first-order valence-electron chi connectivity index (χ1n) is 9.57. The summed E-state index contributed by atoms with van der Waals surface area (Å²) in [5.41, 5.74) is -0.959. The standard InChI is InChI=1S/C22H24FNO5/c23-16-9-4-10-17(25)19(16)20(27)24-13-11-18(26)22(14-24,21(28)29)12-5-8-15-6-2-1-3-7-15/h1-4,6-7,9-10,18,25-26H,5,8,11-14H2,(H,28,29)/t18-,22+/m0/s1. The van der Waals surface area contributed by atoms with Crippen LogP contribution >= 0.6 is 0 Å². The van der Waals surface area contributed by atoms with Crippen molar-refractivity contribution in [3.63, 3.8) is 0 Å². The molecule has 0 saturated carbocycles. The number of piperidine rings is 1. The molecule has 6 nitrogen and oxygen atoms in total. The summed E-state index contributed by atoms with van der Waals surface area (Å²) in [6.07, 6.45) is 0.281. The Hall–Kier alpha value is -2.93. The van der Waals surface area contributed by atoms with Gasteiger partial charge in [-0.15, -0.1) is 0 Å². The number of halogens is 1. The van der Waals surface area contributed by atoms with Crippen molar-refractivity contribution in [2.24, 2.45) is 5.41 Å². The van der Waals surface area contributed by atoms with Gasteiger partial charge in [-0.1, -0.05) is 36.4 Å². The van der Waals surface area contributed by atoms with Crippen molar-refractivity contribution in [1.82, 2.24) is 4.90 Å². The van der Waals surface area contributed by atoms with E-state index in [1.54, 1.807) is 0 Å². The van der Waals surface area contributed by atoms with Gasteiger partial charge in [-0.05, 0) is 43.4 Å².